The van der Waals surface area contributed by atoms with Gasteiger partial charge in [-0.15, -0.1) is 0 Å². The molecule has 0 aliphatic carbocycles. The number of carbonyl (C=O) groups excluding carboxylic acids is 1. The first kappa shape index (κ1) is 18.4. The second kappa shape index (κ2) is 9.30. The average molecular weight is 291 g/mol. The molecule has 0 aromatic carbocycles. The van der Waals surface area contributed by atoms with Gasteiger partial charge in [0.25, 0.3) is 0 Å². The van der Waals surface area contributed by atoms with Crippen LogP contribution in [0.25, 0.3) is 0 Å². The van der Waals surface area contributed by atoms with E-state index in [-0.39, 0.29) is 5.92 Å². The highest BCUT2D eigenvalue weighted by atomic mass is 33.1. The summed E-state index contributed by atoms with van der Waals surface area (Å²) in [5.74, 6) is 2.48. The van der Waals surface area contributed by atoms with Gasteiger partial charge in [-0.05, 0) is 39.0 Å². The Hall–Kier alpha value is 0.370. The Balaban J connectivity index is 3.61. The Labute approximate surface area is 122 Å². The first-order chi connectivity index (χ1) is 8.24. The maximum atomic E-state index is 11.5. The lowest BCUT2D eigenvalue weighted by atomic mass is 10.0. The van der Waals surface area contributed by atoms with Crippen molar-refractivity contribution in [2.45, 2.75) is 72.0 Å². The predicted octanol–water partition coefficient (Wildman–Crippen LogP) is 5.59. The first-order valence-electron chi connectivity index (χ1n) is 7.08. The van der Waals surface area contributed by atoms with Gasteiger partial charge in [0.15, 0.2) is 0 Å². The van der Waals surface area contributed by atoms with E-state index >= 15 is 0 Å². The molecule has 0 amide bonds. The van der Waals surface area contributed by atoms with Crippen molar-refractivity contribution >= 4 is 27.4 Å². The third-order valence-corrected chi connectivity index (χ3v) is 6.34. The summed E-state index contributed by atoms with van der Waals surface area (Å²) in [6.45, 7) is 13.2. The molecular formula is C15H30OS2. The fourth-order valence-corrected chi connectivity index (χ4v) is 4.15. The molecule has 0 aliphatic heterocycles. The zero-order valence-corrected chi connectivity index (χ0v) is 14.5. The van der Waals surface area contributed by atoms with Gasteiger partial charge in [0.1, 0.15) is 5.78 Å². The number of hydrogen-bond acceptors (Lipinski definition) is 3. The van der Waals surface area contributed by atoms with Gasteiger partial charge in [-0.3, -0.25) is 4.79 Å². The van der Waals surface area contributed by atoms with Crippen molar-refractivity contribution in [3.8, 4) is 0 Å². The molecule has 0 unspecified atom stereocenters. The van der Waals surface area contributed by atoms with Crippen LogP contribution in [-0.4, -0.2) is 16.3 Å². The fraction of sp³-hybridized carbons (Fsp3) is 0.933. The quantitative estimate of drug-likeness (QED) is 0.386. The van der Waals surface area contributed by atoms with Crippen LogP contribution in [0.15, 0.2) is 0 Å². The van der Waals surface area contributed by atoms with Crippen molar-refractivity contribution in [2.24, 2.45) is 11.8 Å². The van der Waals surface area contributed by atoms with Gasteiger partial charge < -0.3 is 0 Å². The minimum atomic E-state index is 0.199. The summed E-state index contributed by atoms with van der Waals surface area (Å²) in [4.78, 5) is 11.5. The number of Topliss-reactive ketones (excluding diaryl/α,β-unsaturated/α-hetero) is 1. The summed E-state index contributed by atoms with van der Waals surface area (Å²) in [5.41, 5.74) is 0. The van der Waals surface area contributed by atoms with Crippen molar-refractivity contribution < 1.29 is 4.79 Å². The molecule has 0 N–H and O–H groups in total. The van der Waals surface area contributed by atoms with Gasteiger partial charge >= 0.3 is 0 Å². The number of carbonyl (C=O) groups is 1. The second-order valence-corrected chi connectivity index (χ2v) is 9.44. The Bertz CT molecular complexity index is 235. The Morgan fingerprint density at radius 1 is 1.17 bits per heavy atom. The van der Waals surface area contributed by atoms with Crippen molar-refractivity contribution in [1.82, 2.24) is 0 Å². The van der Waals surface area contributed by atoms with E-state index in [0.29, 0.717) is 10.5 Å². The average Bonchev–Trinajstić information content (AvgIpc) is 2.25. The molecule has 0 atom stereocenters. The number of hydrogen-bond donors (Lipinski definition) is 0. The molecule has 0 aliphatic rings. The molecule has 0 saturated carbocycles. The molecule has 3 heteroatoms. The van der Waals surface area contributed by atoms with E-state index in [2.05, 4.69) is 27.7 Å². The van der Waals surface area contributed by atoms with Crippen LogP contribution in [0.5, 0.6) is 0 Å². The lowest BCUT2D eigenvalue weighted by Crippen LogP contribution is -2.14. The highest BCUT2D eigenvalue weighted by Crippen LogP contribution is 2.39. The second-order valence-electron chi connectivity index (χ2n) is 6.32. The van der Waals surface area contributed by atoms with Gasteiger partial charge in [-0.25, -0.2) is 0 Å². The monoisotopic (exact) mass is 290 g/mol. The van der Waals surface area contributed by atoms with Crippen molar-refractivity contribution in [1.29, 1.82) is 0 Å². The van der Waals surface area contributed by atoms with E-state index in [0.717, 1.165) is 24.5 Å². The fourth-order valence-electron chi connectivity index (χ4n) is 1.47. The summed E-state index contributed by atoms with van der Waals surface area (Å²) < 4.78 is 0.358. The van der Waals surface area contributed by atoms with Gasteiger partial charge in [-0.1, -0.05) is 49.3 Å². The summed E-state index contributed by atoms with van der Waals surface area (Å²) in [6.07, 6.45) is 4.34. The van der Waals surface area contributed by atoms with Crippen LogP contribution in [0.4, 0.5) is 0 Å². The standard InChI is InChI=1S/C15H30OS2/c1-12(2)9-10-15(5,6)18-17-11-7-8-14(16)13(3)4/h12-13H,7-11H2,1-6H3. The SMILES string of the molecule is CC(C)CCC(C)(C)SSCCCC(=O)C(C)C. The molecule has 18 heavy (non-hydrogen) atoms. The maximum Gasteiger partial charge on any atom is 0.135 e. The van der Waals surface area contributed by atoms with E-state index in [1.165, 1.54) is 12.8 Å². The van der Waals surface area contributed by atoms with Crippen LogP contribution in [0.1, 0.15) is 67.2 Å². The lowest BCUT2D eigenvalue weighted by Gasteiger charge is -2.24. The van der Waals surface area contributed by atoms with Crippen LogP contribution in [0.3, 0.4) is 0 Å². The molecule has 0 aromatic rings. The van der Waals surface area contributed by atoms with Gasteiger partial charge in [0.2, 0.25) is 0 Å². The van der Waals surface area contributed by atoms with Crippen molar-refractivity contribution in [3.05, 3.63) is 0 Å². The van der Waals surface area contributed by atoms with E-state index in [9.17, 15) is 4.79 Å². The molecule has 0 bridgehead atoms. The molecule has 0 heterocycles. The van der Waals surface area contributed by atoms with E-state index in [1.54, 1.807) is 0 Å². The maximum absolute atomic E-state index is 11.5. The summed E-state index contributed by atoms with van der Waals surface area (Å²) in [5, 5.41) is 0. The highest BCUT2D eigenvalue weighted by Gasteiger charge is 2.19. The van der Waals surface area contributed by atoms with Crippen LogP contribution < -0.4 is 0 Å². The molecule has 0 rings (SSSR count). The number of ketones is 1. The van der Waals surface area contributed by atoms with Crippen LogP contribution >= 0.6 is 21.6 Å². The predicted molar refractivity (Wildman–Crippen MR) is 87.3 cm³/mol. The summed E-state index contributed by atoms with van der Waals surface area (Å²) in [7, 11) is 3.92. The number of rotatable bonds is 10. The normalized spacial score (nSPS) is 12.4. The molecule has 0 aromatic heterocycles. The minimum Gasteiger partial charge on any atom is -0.299 e. The minimum absolute atomic E-state index is 0.199. The van der Waals surface area contributed by atoms with E-state index in [1.807, 2.05) is 35.4 Å². The van der Waals surface area contributed by atoms with Gasteiger partial charge in [0.05, 0.1) is 0 Å². The van der Waals surface area contributed by atoms with Crippen LogP contribution in [0, 0.1) is 11.8 Å². The third-order valence-electron chi connectivity index (χ3n) is 2.90. The Morgan fingerprint density at radius 3 is 2.28 bits per heavy atom. The molecule has 108 valence electrons. The van der Waals surface area contributed by atoms with E-state index in [4.69, 9.17) is 0 Å². The lowest BCUT2D eigenvalue weighted by molar-refractivity contribution is -0.121. The van der Waals surface area contributed by atoms with Crippen LogP contribution in [-0.2, 0) is 4.79 Å². The molecule has 0 fully saturated rings. The van der Waals surface area contributed by atoms with Gasteiger partial charge in [-0.2, -0.15) is 0 Å². The van der Waals surface area contributed by atoms with Crippen molar-refractivity contribution in [3.63, 3.8) is 0 Å². The zero-order chi connectivity index (χ0) is 14.2. The van der Waals surface area contributed by atoms with Crippen LogP contribution in [0.2, 0.25) is 0 Å². The largest absolute Gasteiger partial charge is 0.299 e. The summed E-state index contributed by atoms with van der Waals surface area (Å²) in [6, 6.07) is 0. The molecular weight excluding hydrogens is 260 g/mol. The van der Waals surface area contributed by atoms with E-state index < -0.39 is 0 Å². The Morgan fingerprint density at radius 2 is 1.78 bits per heavy atom. The molecule has 0 spiro atoms. The molecule has 0 saturated heterocycles. The topological polar surface area (TPSA) is 17.1 Å². The third kappa shape index (κ3) is 10.3. The molecule has 0 radical (unpaired) electrons. The highest BCUT2D eigenvalue weighted by molar-refractivity contribution is 8.77. The smallest absolute Gasteiger partial charge is 0.135 e. The first-order valence-corrected chi connectivity index (χ1v) is 9.40. The summed E-state index contributed by atoms with van der Waals surface area (Å²) >= 11 is 0. The Kier molecular flexibility index (Phi) is 9.49. The molecule has 1 nitrogen and oxygen atoms in total. The zero-order valence-electron chi connectivity index (χ0n) is 12.9. The van der Waals surface area contributed by atoms with Gasteiger partial charge in [0, 0.05) is 22.8 Å². The van der Waals surface area contributed by atoms with Crippen molar-refractivity contribution in [2.75, 3.05) is 5.75 Å².